The van der Waals surface area contributed by atoms with Crippen LogP contribution in [0.5, 0.6) is 0 Å². The van der Waals surface area contributed by atoms with Crippen molar-refractivity contribution in [3.05, 3.63) is 93.8 Å². The molecule has 172 valence electrons. The van der Waals surface area contributed by atoms with Gasteiger partial charge < -0.3 is 15.1 Å². The molecule has 7 nitrogen and oxygen atoms in total. The number of halogens is 2. The van der Waals surface area contributed by atoms with E-state index in [4.69, 9.17) is 4.98 Å². The van der Waals surface area contributed by atoms with Crippen LogP contribution in [0.15, 0.2) is 76.7 Å². The number of aliphatic hydroxyl groups is 2. The summed E-state index contributed by atoms with van der Waals surface area (Å²) >= 11 is 4.78. The highest BCUT2D eigenvalue weighted by Gasteiger charge is 2.30. The monoisotopic (exact) mass is 539 g/mol. The van der Waals surface area contributed by atoms with E-state index in [1.165, 1.54) is 23.5 Å². The number of hydrogen-bond donors (Lipinski definition) is 2. The average molecular weight is 540 g/mol. The van der Waals surface area contributed by atoms with Crippen molar-refractivity contribution in [1.82, 2.24) is 19.6 Å². The molecule has 5 rings (SSSR count). The van der Waals surface area contributed by atoms with Crippen LogP contribution in [0.4, 0.5) is 15.3 Å². The summed E-state index contributed by atoms with van der Waals surface area (Å²) in [6.45, 7) is 0. The molecule has 34 heavy (non-hydrogen) atoms. The topological polar surface area (TPSA) is 86.8 Å². The maximum absolute atomic E-state index is 13.3. The molecule has 5 aromatic rings. The van der Waals surface area contributed by atoms with E-state index in [0.717, 1.165) is 5.56 Å². The predicted molar refractivity (Wildman–Crippen MR) is 133 cm³/mol. The number of aliphatic hydroxyl groups excluding tert-OH is 2. The average Bonchev–Trinajstić information content (AvgIpc) is 3.49. The molecule has 3 heterocycles. The molecule has 2 N–H and O–H groups in total. The summed E-state index contributed by atoms with van der Waals surface area (Å²) in [6, 6.07) is 18.6. The van der Waals surface area contributed by atoms with Gasteiger partial charge in [-0.25, -0.2) is 14.4 Å². The van der Waals surface area contributed by atoms with E-state index in [0.29, 0.717) is 32.5 Å². The zero-order chi connectivity index (χ0) is 23.8. The quantitative estimate of drug-likeness (QED) is 0.305. The lowest BCUT2D eigenvalue weighted by Crippen LogP contribution is -2.18. The second-order valence-corrected chi connectivity index (χ2v) is 9.28. The molecular formula is C24H19BrFN5O2S. The minimum absolute atomic E-state index is 0.267. The number of imidazole rings is 1. The van der Waals surface area contributed by atoms with Crippen LogP contribution in [0, 0.1) is 5.82 Å². The van der Waals surface area contributed by atoms with Crippen LogP contribution in [0.25, 0.3) is 16.9 Å². The van der Waals surface area contributed by atoms with Crippen LogP contribution >= 0.6 is 27.3 Å². The molecule has 2 atom stereocenters. The summed E-state index contributed by atoms with van der Waals surface area (Å²) in [5.74, 6) is 0.160. The van der Waals surface area contributed by atoms with E-state index in [-0.39, 0.29) is 11.5 Å². The van der Waals surface area contributed by atoms with E-state index < -0.39 is 12.2 Å². The van der Waals surface area contributed by atoms with Gasteiger partial charge in [0.05, 0.1) is 5.69 Å². The third-order valence-corrected chi connectivity index (χ3v) is 6.74. The van der Waals surface area contributed by atoms with Gasteiger partial charge in [-0.05, 0) is 57.9 Å². The maximum Gasteiger partial charge on any atom is 0.191 e. The maximum atomic E-state index is 13.3. The highest BCUT2D eigenvalue weighted by molar-refractivity contribution is 9.10. The van der Waals surface area contributed by atoms with Crippen LogP contribution in [-0.2, 0) is 0 Å². The van der Waals surface area contributed by atoms with Crippen LogP contribution in [0.2, 0.25) is 0 Å². The first-order valence-electron chi connectivity index (χ1n) is 10.3. The number of fused-ring (bicyclic) bond motifs is 1. The molecule has 0 spiro atoms. The predicted octanol–water partition coefficient (Wildman–Crippen LogP) is 5.29. The number of aromatic nitrogens is 4. The first-order chi connectivity index (χ1) is 16.4. The zero-order valence-electron chi connectivity index (χ0n) is 17.9. The highest BCUT2D eigenvalue weighted by atomic mass is 79.9. The summed E-state index contributed by atoms with van der Waals surface area (Å²) in [6.07, 6.45) is -2.50. The molecule has 10 heteroatoms. The Morgan fingerprint density at radius 2 is 1.71 bits per heavy atom. The van der Waals surface area contributed by atoms with Gasteiger partial charge in [0.2, 0.25) is 0 Å². The van der Waals surface area contributed by atoms with E-state index in [9.17, 15) is 14.6 Å². The first kappa shape index (κ1) is 22.6. The van der Waals surface area contributed by atoms with Crippen molar-refractivity contribution in [2.45, 2.75) is 12.2 Å². The molecule has 0 saturated carbocycles. The van der Waals surface area contributed by atoms with Gasteiger partial charge in [0.1, 0.15) is 28.3 Å². The number of anilines is 2. The Morgan fingerprint density at radius 1 is 0.971 bits per heavy atom. The number of benzene rings is 2. The van der Waals surface area contributed by atoms with Crippen molar-refractivity contribution < 1.29 is 14.6 Å². The summed E-state index contributed by atoms with van der Waals surface area (Å²) in [4.78, 5) is 11.1. The molecule has 0 radical (unpaired) electrons. The largest absolute Gasteiger partial charge is 0.385 e. The lowest BCUT2D eigenvalue weighted by atomic mass is 10.0. The van der Waals surface area contributed by atoms with E-state index in [1.807, 2.05) is 11.4 Å². The minimum Gasteiger partial charge on any atom is -0.385 e. The third kappa shape index (κ3) is 4.21. The molecule has 2 unspecified atom stereocenters. The van der Waals surface area contributed by atoms with Gasteiger partial charge in [0.25, 0.3) is 0 Å². The van der Waals surface area contributed by atoms with Gasteiger partial charge in [-0.1, -0.05) is 30.3 Å². The molecule has 0 aliphatic rings. The fraction of sp³-hybridized carbons (Fsp3) is 0.125. The number of hydrogen-bond acceptors (Lipinski definition) is 7. The summed E-state index contributed by atoms with van der Waals surface area (Å²) in [5, 5.41) is 29.0. The van der Waals surface area contributed by atoms with Crippen molar-refractivity contribution in [1.29, 1.82) is 0 Å². The summed E-state index contributed by atoms with van der Waals surface area (Å²) in [5.41, 5.74) is 2.83. The molecular weight excluding hydrogens is 521 g/mol. The number of nitrogens with zero attached hydrogens (tertiary/aromatic N) is 5. The van der Waals surface area contributed by atoms with Gasteiger partial charge in [0, 0.05) is 18.0 Å². The van der Waals surface area contributed by atoms with Gasteiger partial charge in [-0.3, -0.25) is 0 Å². The van der Waals surface area contributed by atoms with Gasteiger partial charge in [-0.2, -0.15) is 9.61 Å². The van der Waals surface area contributed by atoms with E-state index >= 15 is 0 Å². The number of thiazole rings is 1. The molecule has 0 bridgehead atoms. The molecule has 2 aromatic carbocycles. The lowest BCUT2D eigenvalue weighted by molar-refractivity contribution is 0.0153. The molecule has 0 fully saturated rings. The van der Waals surface area contributed by atoms with E-state index in [1.54, 1.807) is 65.0 Å². The van der Waals surface area contributed by atoms with Crippen molar-refractivity contribution in [3.63, 3.8) is 0 Å². The Morgan fingerprint density at radius 3 is 2.44 bits per heavy atom. The Kier molecular flexibility index (Phi) is 6.13. The van der Waals surface area contributed by atoms with Crippen molar-refractivity contribution in [2.75, 3.05) is 11.9 Å². The van der Waals surface area contributed by atoms with Gasteiger partial charge >= 0.3 is 0 Å². The normalized spacial score (nSPS) is 13.2. The van der Waals surface area contributed by atoms with Crippen LogP contribution in [-0.4, -0.2) is 36.8 Å². The molecule has 0 aliphatic heterocycles. The van der Waals surface area contributed by atoms with E-state index in [2.05, 4.69) is 26.0 Å². The third-order valence-electron chi connectivity index (χ3n) is 5.40. The summed E-state index contributed by atoms with van der Waals surface area (Å²) in [7, 11) is 1.80. The first-order valence-corrected chi connectivity index (χ1v) is 12.0. The molecule has 0 aliphatic carbocycles. The van der Waals surface area contributed by atoms with Crippen LogP contribution in [0.1, 0.15) is 23.5 Å². The lowest BCUT2D eigenvalue weighted by Gasteiger charge is -2.21. The van der Waals surface area contributed by atoms with Crippen LogP contribution < -0.4 is 4.90 Å². The Balaban J connectivity index is 1.58. The highest BCUT2D eigenvalue weighted by Crippen LogP contribution is 2.38. The molecule has 0 amide bonds. The Hall–Kier alpha value is -3.18. The fourth-order valence-corrected chi connectivity index (χ4v) is 4.77. The summed E-state index contributed by atoms with van der Waals surface area (Å²) < 4.78 is 15.5. The van der Waals surface area contributed by atoms with Crippen molar-refractivity contribution in [2.24, 2.45) is 0 Å². The smallest absolute Gasteiger partial charge is 0.191 e. The standard InChI is InChI=1S/C24H19BrFN5O2S/c1-30(24-27-17(13-34-24)14-7-9-16(26)10-8-14)23-20(28-19-12-11-18(25)29-31(19)23)22(33)21(32)15-5-3-2-4-6-15/h2-13,21-22,32-33H,1H3. The Bertz CT molecular complexity index is 1440. The second-order valence-electron chi connectivity index (χ2n) is 7.63. The molecule has 0 saturated heterocycles. The van der Waals surface area contributed by atoms with Gasteiger partial charge in [-0.15, -0.1) is 11.3 Å². The minimum atomic E-state index is -1.31. The van der Waals surface area contributed by atoms with Crippen LogP contribution in [0.3, 0.4) is 0 Å². The van der Waals surface area contributed by atoms with Crippen molar-refractivity contribution in [3.8, 4) is 11.3 Å². The van der Waals surface area contributed by atoms with Crippen molar-refractivity contribution >= 4 is 43.9 Å². The molecule has 3 aromatic heterocycles. The second kappa shape index (κ2) is 9.22. The fourth-order valence-electron chi connectivity index (χ4n) is 3.67. The zero-order valence-corrected chi connectivity index (χ0v) is 20.3. The number of rotatable bonds is 6. The Labute approximate surface area is 206 Å². The SMILES string of the molecule is CN(c1nc(-c2ccc(F)cc2)cs1)c1c(C(O)C(O)c2ccccc2)nc2ccc(Br)nn12. The van der Waals surface area contributed by atoms with Gasteiger partial charge in [0.15, 0.2) is 16.6 Å².